The van der Waals surface area contributed by atoms with Gasteiger partial charge in [-0.15, -0.1) is 0 Å². The molecule has 0 atom stereocenters. The maximum Gasteiger partial charge on any atom is 0.0568 e. The Morgan fingerprint density at radius 1 is 0.783 bits per heavy atom. The Hall–Kier alpha value is -2.48. The zero-order valence-corrected chi connectivity index (χ0v) is 13.9. The van der Waals surface area contributed by atoms with E-state index in [9.17, 15) is 0 Å². The van der Waals surface area contributed by atoms with Crippen LogP contribution in [0.5, 0.6) is 0 Å². The standard InChI is InChI=1S/C21H24N2/c1-3-5-6-7-19-10-14-21(15-11-19)17-23-22-16-20-12-8-18(4-2)9-13-20/h3,5,8-17H,4,6-7H2,1-2H3. The minimum atomic E-state index is 1.06. The molecule has 0 fully saturated rings. The van der Waals surface area contributed by atoms with Gasteiger partial charge in [0.1, 0.15) is 0 Å². The number of nitrogens with zero attached hydrogens (tertiary/aromatic N) is 2. The molecule has 0 amide bonds. The average Bonchev–Trinajstić information content (AvgIpc) is 2.61. The number of benzene rings is 2. The van der Waals surface area contributed by atoms with Crippen molar-refractivity contribution in [2.45, 2.75) is 33.1 Å². The molecule has 0 radical (unpaired) electrons. The van der Waals surface area contributed by atoms with E-state index in [0.29, 0.717) is 0 Å². The van der Waals surface area contributed by atoms with Crippen molar-refractivity contribution in [1.29, 1.82) is 0 Å². The van der Waals surface area contributed by atoms with Gasteiger partial charge in [-0.1, -0.05) is 67.6 Å². The molecule has 118 valence electrons. The van der Waals surface area contributed by atoms with Gasteiger partial charge in [-0.25, -0.2) is 0 Å². The van der Waals surface area contributed by atoms with Crippen LogP contribution in [-0.2, 0) is 12.8 Å². The smallest absolute Gasteiger partial charge is 0.0568 e. The molecule has 2 nitrogen and oxygen atoms in total. The highest BCUT2D eigenvalue weighted by molar-refractivity contribution is 5.82. The first kappa shape index (κ1) is 16.9. The van der Waals surface area contributed by atoms with Gasteiger partial charge in [-0.3, -0.25) is 0 Å². The van der Waals surface area contributed by atoms with Crippen molar-refractivity contribution in [3.63, 3.8) is 0 Å². The van der Waals surface area contributed by atoms with Crippen LogP contribution in [0.2, 0.25) is 0 Å². The summed E-state index contributed by atoms with van der Waals surface area (Å²) in [7, 11) is 0. The van der Waals surface area contributed by atoms with Crippen LogP contribution in [0, 0.1) is 0 Å². The van der Waals surface area contributed by atoms with Crippen LogP contribution in [0.1, 0.15) is 42.5 Å². The Labute approximate surface area is 139 Å². The SMILES string of the molecule is CC=CCCc1ccc(C=NN=Cc2ccc(CC)cc2)cc1. The predicted octanol–water partition coefficient (Wildman–Crippen LogP) is 5.21. The van der Waals surface area contributed by atoms with Crippen LogP contribution in [0.15, 0.2) is 70.9 Å². The lowest BCUT2D eigenvalue weighted by Crippen LogP contribution is -1.86. The fourth-order valence-electron chi connectivity index (χ4n) is 2.23. The minimum absolute atomic E-state index is 1.06. The summed E-state index contributed by atoms with van der Waals surface area (Å²) in [6.07, 6.45) is 11.1. The van der Waals surface area contributed by atoms with Gasteiger partial charge in [0.15, 0.2) is 0 Å². The molecule has 0 bridgehead atoms. The van der Waals surface area contributed by atoms with E-state index in [4.69, 9.17) is 0 Å². The normalized spacial score (nSPS) is 11.9. The summed E-state index contributed by atoms with van der Waals surface area (Å²) in [6, 6.07) is 16.8. The van der Waals surface area contributed by atoms with E-state index in [-0.39, 0.29) is 0 Å². The van der Waals surface area contributed by atoms with Crippen molar-refractivity contribution < 1.29 is 0 Å². The number of hydrogen-bond acceptors (Lipinski definition) is 2. The van der Waals surface area contributed by atoms with E-state index in [2.05, 4.69) is 84.7 Å². The van der Waals surface area contributed by atoms with Gasteiger partial charge in [-0.2, -0.15) is 10.2 Å². The van der Waals surface area contributed by atoms with Crippen LogP contribution in [-0.4, -0.2) is 12.4 Å². The van der Waals surface area contributed by atoms with Crippen molar-refractivity contribution >= 4 is 12.4 Å². The molecular formula is C21H24N2. The lowest BCUT2D eigenvalue weighted by Gasteiger charge is -1.98. The summed E-state index contributed by atoms with van der Waals surface area (Å²) in [5.74, 6) is 0. The van der Waals surface area contributed by atoms with E-state index in [1.807, 2.05) is 0 Å². The third kappa shape index (κ3) is 6.03. The van der Waals surface area contributed by atoms with E-state index in [0.717, 1.165) is 30.4 Å². The highest BCUT2D eigenvalue weighted by atomic mass is 15.2. The van der Waals surface area contributed by atoms with Gasteiger partial charge in [0.05, 0.1) is 12.4 Å². The summed E-state index contributed by atoms with van der Waals surface area (Å²) in [5, 5.41) is 8.23. The second-order valence-corrected chi connectivity index (χ2v) is 5.43. The van der Waals surface area contributed by atoms with Gasteiger partial charge < -0.3 is 0 Å². The molecule has 0 N–H and O–H groups in total. The minimum Gasteiger partial charge on any atom is -0.159 e. The van der Waals surface area contributed by atoms with Crippen LogP contribution in [0.3, 0.4) is 0 Å². The molecule has 0 aliphatic carbocycles. The van der Waals surface area contributed by atoms with Crippen molar-refractivity contribution in [2.24, 2.45) is 10.2 Å². The van der Waals surface area contributed by atoms with E-state index in [1.165, 1.54) is 11.1 Å². The van der Waals surface area contributed by atoms with E-state index in [1.54, 1.807) is 12.4 Å². The monoisotopic (exact) mass is 304 g/mol. The highest BCUT2D eigenvalue weighted by Gasteiger charge is 1.92. The molecule has 0 spiro atoms. The third-order valence-electron chi connectivity index (χ3n) is 3.68. The van der Waals surface area contributed by atoms with Crippen LogP contribution in [0.25, 0.3) is 0 Å². The molecule has 0 saturated heterocycles. The lowest BCUT2D eigenvalue weighted by atomic mass is 10.1. The average molecular weight is 304 g/mol. The van der Waals surface area contributed by atoms with Gasteiger partial charge in [0, 0.05) is 0 Å². The Morgan fingerprint density at radius 3 is 1.78 bits per heavy atom. The lowest BCUT2D eigenvalue weighted by molar-refractivity contribution is 0.999. The zero-order chi connectivity index (χ0) is 16.3. The van der Waals surface area contributed by atoms with E-state index < -0.39 is 0 Å². The topological polar surface area (TPSA) is 24.7 Å². The number of rotatable bonds is 7. The fourth-order valence-corrected chi connectivity index (χ4v) is 2.23. The first-order valence-corrected chi connectivity index (χ1v) is 8.17. The van der Waals surface area contributed by atoms with Gasteiger partial charge in [0.2, 0.25) is 0 Å². The Bertz CT molecular complexity index is 662. The molecule has 0 unspecified atom stereocenters. The van der Waals surface area contributed by atoms with Gasteiger partial charge in [-0.05, 0) is 48.4 Å². The summed E-state index contributed by atoms with van der Waals surface area (Å²) < 4.78 is 0. The molecule has 0 heterocycles. The van der Waals surface area contributed by atoms with Crippen molar-refractivity contribution in [2.75, 3.05) is 0 Å². The summed E-state index contributed by atoms with van der Waals surface area (Å²) in [5.41, 5.74) is 4.82. The Balaban J connectivity index is 1.87. The zero-order valence-electron chi connectivity index (χ0n) is 13.9. The quantitative estimate of drug-likeness (QED) is 0.381. The second kappa shape index (κ2) is 9.52. The van der Waals surface area contributed by atoms with E-state index >= 15 is 0 Å². The van der Waals surface area contributed by atoms with Crippen molar-refractivity contribution in [3.05, 3.63) is 82.9 Å². The first-order valence-electron chi connectivity index (χ1n) is 8.17. The van der Waals surface area contributed by atoms with Crippen LogP contribution < -0.4 is 0 Å². The number of allylic oxidation sites excluding steroid dienone is 2. The second-order valence-electron chi connectivity index (χ2n) is 5.43. The van der Waals surface area contributed by atoms with Crippen molar-refractivity contribution in [1.82, 2.24) is 0 Å². The van der Waals surface area contributed by atoms with Crippen LogP contribution in [0.4, 0.5) is 0 Å². The summed E-state index contributed by atoms with van der Waals surface area (Å²) in [4.78, 5) is 0. The Morgan fingerprint density at radius 2 is 1.30 bits per heavy atom. The van der Waals surface area contributed by atoms with Gasteiger partial charge in [0.25, 0.3) is 0 Å². The maximum atomic E-state index is 4.12. The third-order valence-corrected chi connectivity index (χ3v) is 3.68. The predicted molar refractivity (Wildman–Crippen MR) is 101 cm³/mol. The van der Waals surface area contributed by atoms with Crippen molar-refractivity contribution in [3.8, 4) is 0 Å². The maximum absolute atomic E-state index is 4.12. The molecule has 2 rings (SSSR count). The number of aryl methyl sites for hydroxylation is 2. The molecule has 0 aliphatic heterocycles. The fraction of sp³-hybridized carbons (Fsp3) is 0.238. The number of hydrogen-bond donors (Lipinski definition) is 0. The highest BCUT2D eigenvalue weighted by Crippen LogP contribution is 2.06. The summed E-state index contributed by atoms with van der Waals surface area (Å²) >= 11 is 0. The molecular weight excluding hydrogens is 280 g/mol. The molecule has 2 aromatic rings. The summed E-state index contributed by atoms with van der Waals surface area (Å²) in [6.45, 7) is 4.21. The molecule has 0 saturated carbocycles. The largest absolute Gasteiger partial charge is 0.159 e. The molecule has 0 aromatic heterocycles. The molecule has 0 aliphatic rings. The Kier molecular flexibility index (Phi) is 6.99. The van der Waals surface area contributed by atoms with Gasteiger partial charge >= 0.3 is 0 Å². The molecule has 2 aromatic carbocycles. The molecule has 2 heteroatoms. The van der Waals surface area contributed by atoms with Crippen LogP contribution >= 0.6 is 0 Å². The molecule has 23 heavy (non-hydrogen) atoms. The first-order chi connectivity index (χ1) is 11.3.